The monoisotopic (exact) mass is 646 g/mol. The first kappa shape index (κ1) is 33.4. The Kier molecular flexibility index (Phi) is 10.6. The van der Waals surface area contributed by atoms with E-state index >= 15 is 0 Å². The number of hydrogen-bond acceptors (Lipinski definition) is 6. The molecule has 14 heteroatoms. The van der Waals surface area contributed by atoms with E-state index < -0.39 is 35.6 Å². The van der Waals surface area contributed by atoms with Gasteiger partial charge < -0.3 is 8.61 Å². The maximum Gasteiger partial charge on any atom is 0.534 e. The average Bonchev–Trinajstić information content (AvgIpc) is 3.18. The summed E-state index contributed by atoms with van der Waals surface area (Å²) in [6, 6.07) is 1.92. The lowest BCUT2D eigenvalue weighted by atomic mass is 9.98. The second-order valence-corrected chi connectivity index (χ2v) is 19.3. The van der Waals surface area contributed by atoms with Crippen LogP contribution in [0.15, 0.2) is 12.1 Å². The predicted octanol–water partition coefficient (Wildman–Crippen LogP) is 7.18. The smallest absolute Gasteiger partial charge is 0.413 e. The van der Waals surface area contributed by atoms with Gasteiger partial charge in [0.05, 0.1) is 0 Å². The van der Waals surface area contributed by atoms with Gasteiger partial charge in [-0.25, -0.2) is 5.01 Å². The highest BCUT2D eigenvalue weighted by atomic mass is 35.5. The van der Waals surface area contributed by atoms with Crippen molar-refractivity contribution in [3.8, 4) is 5.75 Å². The Bertz CT molecular complexity index is 1130. The van der Waals surface area contributed by atoms with Gasteiger partial charge in [0.25, 0.3) is 0 Å². The van der Waals surface area contributed by atoms with Crippen LogP contribution in [0.2, 0.25) is 26.7 Å². The fourth-order valence-electron chi connectivity index (χ4n) is 6.33. The number of hydrogen-bond donors (Lipinski definition) is 0. The molecule has 228 valence electrons. The molecule has 0 N–H and O–H groups in total. The summed E-state index contributed by atoms with van der Waals surface area (Å²) in [6.07, 6.45) is 2.59. The van der Waals surface area contributed by atoms with Crippen molar-refractivity contribution < 1.29 is 35.0 Å². The zero-order chi connectivity index (χ0) is 30.2. The van der Waals surface area contributed by atoms with Gasteiger partial charge in [0.15, 0.2) is 0 Å². The number of hydrazine groups is 1. The Labute approximate surface area is 246 Å². The summed E-state index contributed by atoms with van der Waals surface area (Å²) in [5, 5.41) is 3.70. The molecular formula is C26H39Cl2F3N2O5SSi. The molecule has 1 amide bonds. The lowest BCUT2D eigenvalue weighted by Gasteiger charge is -2.47. The number of alkyl halides is 3. The zero-order valence-electron chi connectivity index (χ0n) is 23.7. The van der Waals surface area contributed by atoms with Crippen molar-refractivity contribution in [2.45, 2.75) is 95.5 Å². The van der Waals surface area contributed by atoms with Crippen LogP contribution in [0.25, 0.3) is 0 Å². The molecule has 3 rings (SSSR count). The lowest BCUT2D eigenvalue weighted by molar-refractivity contribution is -0.149. The number of carbonyl (C=O) groups excluding carboxylic acids is 1. The number of nitrogens with zero attached hydrogens (tertiary/aromatic N) is 2. The SMILES string of the molecule is CC(C)[Si](OC1CCN(N2CCC(Cc3c(Cl)cc(OS(=O)(=O)C(F)(F)F)cc3Cl)C2=O)CC1)(C(C)C)C(C)C. The number of carbonyl (C=O) groups is 1. The van der Waals surface area contributed by atoms with E-state index in [-0.39, 0.29) is 28.5 Å². The van der Waals surface area contributed by atoms with E-state index in [1.54, 1.807) is 5.01 Å². The molecule has 0 aliphatic carbocycles. The maximum absolute atomic E-state index is 13.3. The van der Waals surface area contributed by atoms with Crippen LogP contribution in [0.1, 0.15) is 66.4 Å². The minimum atomic E-state index is -5.87. The predicted molar refractivity (Wildman–Crippen MR) is 152 cm³/mol. The van der Waals surface area contributed by atoms with E-state index in [1.165, 1.54) is 0 Å². The van der Waals surface area contributed by atoms with Crippen LogP contribution in [0.5, 0.6) is 5.75 Å². The number of piperidine rings is 1. The molecule has 2 heterocycles. The summed E-state index contributed by atoms with van der Waals surface area (Å²) >= 11 is 12.5. The molecule has 0 bridgehead atoms. The lowest BCUT2D eigenvalue weighted by Crippen LogP contribution is -2.54. The molecule has 0 spiro atoms. The normalized spacial score (nSPS) is 20.4. The third-order valence-electron chi connectivity index (χ3n) is 8.19. The number of benzene rings is 1. The zero-order valence-corrected chi connectivity index (χ0v) is 27.1. The summed E-state index contributed by atoms with van der Waals surface area (Å²) in [4.78, 5) is 13.3. The molecule has 40 heavy (non-hydrogen) atoms. The van der Waals surface area contributed by atoms with Gasteiger partial charge in [-0.3, -0.25) is 9.80 Å². The summed E-state index contributed by atoms with van der Waals surface area (Å²) in [5.74, 6) is -1.14. The minimum Gasteiger partial charge on any atom is -0.413 e. The highest BCUT2D eigenvalue weighted by Gasteiger charge is 2.49. The van der Waals surface area contributed by atoms with Crippen LogP contribution in [-0.2, 0) is 25.8 Å². The molecule has 2 aliphatic rings. The summed E-state index contributed by atoms with van der Waals surface area (Å²) in [7, 11) is -7.86. The Morgan fingerprint density at radius 3 is 1.90 bits per heavy atom. The van der Waals surface area contributed by atoms with E-state index in [0.29, 0.717) is 48.2 Å². The average molecular weight is 648 g/mol. The first-order valence-corrected chi connectivity index (χ1v) is 17.9. The van der Waals surface area contributed by atoms with Crippen molar-refractivity contribution in [3.05, 3.63) is 27.7 Å². The molecule has 1 aromatic carbocycles. The van der Waals surface area contributed by atoms with Crippen molar-refractivity contribution in [1.29, 1.82) is 0 Å². The number of halogens is 5. The van der Waals surface area contributed by atoms with Gasteiger partial charge in [-0.15, -0.1) is 0 Å². The van der Waals surface area contributed by atoms with Gasteiger partial charge in [0, 0.05) is 53.8 Å². The molecule has 1 unspecified atom stereocenters. The summed E-state index contributed by atoms with van der Waals surface area (Å²) < 4.78 is 71.7. The van der Waals surface area contributed by atoms with Crippen LogP contribution in [0, 0.1) is 5.92 Å². The first-order valence-electron chi connectivity index (χ1n) is 13.6. The van der Waals surface area contributed by atoms with E-state index in [1.807, 2.05) is 0 Å². The summed E-state index contributed by atoms with van der Waals surface area (Å²) in [5.41, 5.74) is -3.74. The van der Waals surface area contributed by atoms with Crippen LogP contribution >= 0.6 is 23.2 Å². The molecular weight excluding hydrogens is 608 g/mol. The number of rotatable bonds is 10. The molecule has 2 fully saturated rings. The molecule has 0 saturated carbocycles. The Morgan fingerprint density at radius 2 is 1.45 bits per heavy atom. The minimum absolute atomic E-state index is 0.0678. The van der Waals surface area contributed by atoms with Crippen molar-refractivity contribution in [2.24, 2.45) is 5.92 Å². The quantitative estimate of drug-likeness (QED) is 0.152. The fourth-order valence-corrected chi connectivity index (χ4v) is 13.0. The maximum atomic E-state index is 13.3. The van der Waals surface area contributed by atoms with Gasteiger partial charge in [-0.2, -0.15) is 21.6 Å². The summed E-state index contributed by atoms with van der Waals surface area (Å²) in [6.45, 7) is 15.6. The van der Waals surface area contributed by atoms with Crippen LogP contribution < -0.4 is 4.18 Å². The Hall–Kier alpha value is -1.05. The van der Waals surface area contributed by atoms with Crippen LogP contribution in [0.4, 0.5) is 13.2 Å². The first-order chi connectivity index (χ1) is 18.4. The van der Waals surface area contributed by atoms with Gasteiger partial charge >= 0.3 is 15.6 Å². The Balaban J connectivity index is 1.63. The van der Waals surface area contributed by atoms with E-state index in [0.717, 1.165) is 25.0 Å². The van der Waals surface area contributed by atoms with Crippen LogP contribution in [-0.4, -0.2) is 63.9 Å². The van der Waals surface area contributed by atoms with E-state index in [4.69, 9.17) is 27.6 Å². The number of amides is 1. The molecule has 0 aromatic heterocycles. The van der Waals surface area contributed by atoms with Crippen LogP contribution in [0.3, 0.4) is 0 Å². The van der Waals surface area contributed by atoms with Gasteiger partial charge in [0.2, 0.25) is 14.2 Å². The highest BCUT2D eigenvalue weighted by molar-refractivity contribution is 7.88. The van der Waals surface area contributed by atoms with Crippen molar-refractivity contribution in [1.82, 2.24) is 10.0 Å². The second-order valence-electron chi connectivity index (χ2n) is 11.6. The van der Waals surface area contributed by atoms with Gasteiger partial charge in [-0.05, 0) is 47.9 Å². The third kappa shape index (κ3) is 6.94. The molecule has 7 nitrogen and oxygen atoms in total. The molecule has 1 atom stereocenters. The van der Waals surface area contributed by atoms with Crippen molar-refractivity contribution in [3.63, 3.8) is 0 Å². The van der Waals surface area contributed by atoms with E-state index in [2.05, 4.69) is 50.7 Å². The second kappa shape index (κ2) is 12.7. The topological polar surface area (TPSA) is 76.2 Å². The largest absolute Gasteiger partial charge is 0.534 e. The van der Waals surface area contributed by atoms with Crippen molar-refractivity contribution >= 4 is 47.5 Å². The van der Waals surface area contributed by atoms with Crippen molar-refractivity contribution in [2.75, 3.05) is 19.6 Å². The van der Waals surface area contributed by atoms with Gasteiger partial charge in [-0.1, -0.05) is 64.7 Å². The van der Waals surface area contributed by atoms with E-state index in [9.17, 15) is 26.4 Å². The molecule has 2 aliphatic heterocycles. The highest BCUT2D eigenvalue weighted by Crippen LogP contribution is 2.44. The molecule has 2 saturated heterocycles. The molecule has 1 aromatic rings. The standard InChI is InChI=1S/C26H39Cl2F3N2O5SSi/c1-16(2)40(17(3)4,18(5)6)38-20-8-10-32(11-9-20)33-12-7-19(25(33)34)13-22-23(27)14-21(15-24(22)28)37-39(35,36)26(29,30)31/h14-20H,7-13H2,1-6H3. The van der Waals surface area contributed by atoms with Gasteiger partial charge in [0.1, 0.15) is 5.75 Å². The molecule has 0 radical (unpaired) electrons. The Morgan fingerprint density at radius 1 is 0.950 bits per heavy atom. The fraction of sp³-hybridized carbons (Fsp3) is 0.731. The third-order valence-corrected chi connectivity index (χ3v) is 16.0.